The molecule has 0 aromatic heterocycles. The summed E-state index contributed by atoms with van der Waals surface area (Å²) >= 11 is 1.01. The monoisotopic (exact) mass is 419 g/mol. The van der Waals surface area contributed by atoms with Crippen molar-refractivity contribution in [2.75, 3.05) is 26.0 Å². The third-order valence-corrected chi connectivity index (χ3v) is 6.10. The maximum Gasteiger partial charge on any atom is 0.286 e. The number of rotatable bonds is 7. The Bertz CT molecular complexity index is 971. The van der Waals surface area contributed by atoms with E-state index in [1.165, 1.54) is 35.2 Å². The van der Waals surface area contributed by atoms with Crippen molar-refractivity contribution in [3.8, 4) is 0 Å². The number of hydrogen-bond donors (Lipinski definition) is 2. The average molecular weight is 420 g/mol. The fraction of sp³-hybridized carbons (Fsp3) is 0.158. The molecule has 0 heterocycles. The summed E-state index contributed by atoms with van der Waals surface area (Å²) in [5.41, 5.74) is 0.790. The Balaban J connectivity index is 2.16. The first kappa shape index (κ1) is 21.7. The van der Waals surface area contributed by atoms with Gasteiger partial charge in [-0.15, -0.1) is 6.58 Å². The lowest BCUT2D eigenvalue weighted by atomic mass is 10.2. The van der Waals surface area contributed by atoms with Crippen molar-refractivity contribution >= 4 is 38.6 Å². The number of para-hydroxylation sites is 1. The van der Waals surface area contributed by atoms with E-state index < -0.39 is 15.9 Å². The number of anilines is 1. The second kappa shape index (κ2) is 9.54. The molecule has 0 fully saturated rings. The number of amides is 2. The molecule has 0 radical (unpaired) electrons. The Morgan fingerprint density at radius 2 is 1.75 bits per heavy atom. The van der Waals surface area contributed by atoms with Crippen molar-refractivity contribution in [3.63, 3.8) is 0 Å². The van der Waals surface area contributed by atoms with Crippen LogP contribution in [0.15, 0.2) is 71.0 Å². The number of thioether (sulfide) groups is 1. The molecule has 2 aromatic rings. The van der Waals surface area contributed by atoms with Crippen LogP contribution in [0.1, 0.15) is 10.4 Å². The van der Waals surface area contributed by atoms with Gasteiger partial charge in [0.05, 0.1) is 10.6 Å². The van der Waals surface area contributed by atoms with Crippen LogP contribution in [0.4, 0.5) is 10.5 Å². The SMILES string of the molecule is C=CCNS(=O)(=O)c1ccc(C(=O)Nc2ccccc2SC(=O)N(C)C)cc1. The minimum Gasteiger partial charge on any atom is -0.339 e. The molecule has 0 saturated carbocycles. The van der Waals surface area contributed by atoms with Crippen LogP contribution >= 0.6 is 11.8 Å². The standard InChI is InChI=1S/C19H21N3O4S2/c1-4-13-20-28(25,26)15-11-9-14(10-12-15)18(23)21-16-7-5-6-8-17(16)27-19(24)22(2)3/h4-12,20H,1,13H2,2-3H3,(H,21,23). The van der Waals surface area contributed by atoms with E-state index in [0.717, 1.165) is 11.8 Å². The minimum atomic E-state index is -3.65. The molecule has 0 atom stereocenters. The smallest absolute Gasteiger partial charge is 0.286 e. The van der Waals surface area contributed by atoms with Gasteiger partial charge in [0, 0.05) is 31.1 Å². The maximum atomic E-state index is 12.5. The molecule has 7 nitrogen and oxygen atoms in total. The number of sulfonamides is 1. The molecule has 148 valence electrons. The summed E-state index contributed by atoms with van der Waals surface area (Å²) in [6, 6.07) is 12.5. The van der Waals surface area contributed by atoms with Crippen LogP contribution in [-0.4, -0.2) is 45.1 Å². The number of hydrogen-bond acceptors (Lipinski definition) is 5. The van der Waals surface area contributed by atoms with Gasteiger partial charge in [0.15, 0.2) is 0 Å². The van der Waals surface area contributed by atoms with Gasteiger partial charge in [-0.25, -0.2) is 13.1 Å². The van der Waals surface area contributed by atoms with Gasteiger partial charge >= 0.3 is 0 Å². The Hall–Kier alpha value is -2.62. The van der Waals surface area contributed by atoms with Gasteiger partial charge in [0.1, 0.15) is 0 Å². The molecular weight excluding hydrogens is 398 g/mol. The zero-order chi connectivity index (χ0) is 20.7. The lowest BCUT2D eigenvalue weighted by molar-refractivity contribution is 0.102. The highest BCUT2D eigenvalue weighted by atomic mass is 32.2. The van der Waals surface area contributed by atoms with Crippen molar-refractivity contribution in [1.29, 1.82) is 0 Å². The van der Waals surface area contributed by atoms with Crippen molar-refractivity contribution < 1.29 is 18.0 Å². The highest BCUT2D eigenvalue weighted by Crippen LogP contribution is 2.29. The first-order valence-corrected chi connectivity index (χ1v) is 10.5. The molecule has 0 spiro atoms. The summed E-state index contributed by atoms with van der Waals surface area (Å²) in [5, 5.41) is 2.59. The Labute approximate surface area is 168 Å². The van der Waals surface area contributed by atoms with Crippen LogP contribution in [0.25, 0.3) is 0 Å². The van der Waals surface area contributed by atoms with Crippen molar-refractivity contribution in [3.05, 3.63) is 66.7 Å². The summed E-state index contributed by atoms with van der Waals surface area (Å²) in [6.07, 6.45) is 1.44. The molecule has 2 rings (SSSR count). The second-order valence-corrected chi connectivity index (χ2v) is 8.64. The van der Waals surface area contributed by atoms with Gasteiger partial charge in [-0.1, -0.05) is 18.2 Å². The fourth-order valence-corrected chi connectivity index (χ4v) is 3.82. The third-order valence-electron chi connectivity index (χ3n) is 3.54. The summed E-state index contributed by atoms with van der Waals surface area (Å²) in [4.78, 5) is 26.6. The van der Waals surface area contributed by atoms with Gasteiger partial charge in [-0.3, -0.25) is 9.59 Å². The molecule has 0 bridgehead atoms. The fourth-order valence-electron chi connectivity index (χ4n) is 2.08. The molecule has 2 N–H and O–H groups in total. The number of carbonyl (C=O) groups is 2. The van der Waals surface area contributed by atoms with E-state index in [2.05, 4.69) is 16.6 Å². The number of nitrogens with zero attached hydrogens (tertiary/aromatic N) is 1. The van der Waals surface area contributed by atoms with E-state index >= 15 is 0 Å². The topological polar surface area (TPSA) is 95.6 Å². The first-order valence-electron chi connectivity index (χ1n) is 8.24. The van der Waals surface area contributed by atoms with E-state index in [1.807, 2.05) is 0 Å². The number of carbonyl (C=O) groups excluding carboxylic acids is 2. The maximum absolute atomic E-state index is 12.5. The van der Waals surface area contributed by atoms with Crippen LogP contribution in [0.2, 0.25) is 0 Å². The summed E-state index contributed by atoms with van der Waals surface area (Å²) in [7, 11) is -0.353. The van der Waals surface area contributed by atoms with E-state index in [1.54, 1.807) is 38.4 Å². The average Bonchev–Trinajstić information content (AvgIpc) is 2.67. The molecule has 2 amide bonds. The van der Waals surface area contributed by atoms with Gasteiger partial charge in [0.2, 0.25) is 10.0 Å². The summed E-state index contributed by atoms with van der Waals surface area (Å²) < 4.78 is 26.5. The molecule has 0 saturated heterocycles. The Morgan fingerprint density at radius 3 is 2.36 bits per heavy atom. The van der Waals surface area contributed by atoms with Crippen LogP contribution in [-0.2, 0) is 10.0 Å². The van der Waals surface area contributed by atoms with Crippen LogP contribution < -0.4 is 10.0 Å². The van der Waals surface area contributed by atoms with E-state index in [-0.39, 0.29) is 16.7 Å². The minimum absolute atomic E-state index is 0.0541. The normalized spacial score (nSPS) is 10.9. The molecule has 9 heteroatoms. The second-order valence-electron chi connectivity index (χ2n) is 5.88. The predicted molar refractivity (Wildman–Crippen MR) is 111 cm³/mol. The molecular formula is C19H21N3O4S2. The Kier molecular flexibility index (Phi) is 7.38. The van der Waals surface area contributed by atoms with Gasteiger partial charge < -0.3 is 10.2 Å². The van der Waals surface area contributed by atoms with E-state index in [4.69, 9.17) is 0 Å². The summed E-state index contributed by atoms with van der Waals surface area (Å²) in [6.45, 7) is 3.58. The number of benzene rings is 2. The predicted octanol–water partition coefficient (Wildman–Crippen LogP) is 3.18. The quantitative estimate of drug-likeness (QED) is 0.531. The van der Waals surface area contributed by atoms with Crippen molar-refractivity contribution in [1.82, 2.24) is 9.62 Å². The van der Waals surface area contributed by atoms with E-state index in [9.17, 15) is 18.0 Å². The molecule has 28 heavy (non-hydrogen) atoms. The molecule has 0 unspecified atom stereocenters. The van der Waals surface area contributed by atoms with Crippen molar-refractivity contribution in [2.45, 2.75) is 9.79 Å². The van der Waals surface area contributed by atoms with Gasteiger partial charge in [-0.05, 0) is 48.2 Å². The molecule has 0 aliphatic heterocycles. The van der Waals surface area contributed by atoms with Gasteiger partial charge in [-0.2, -0.15) is 0 Å². The lowest BCUT2D eigenvalue weighted by Crippen LogP contribution is -2.23. The van der Waals surface area contributed by atoms with Gasteiger partial charge in [0.25, 0.3) is 11.1 Å². The lowest BCUT2D eigenvalue weighted by Gasteiger charge is -2.13. The highest BCUT2D eigenvalue weighted by molar-refractivity contribution is 8.13. The molecule has 0 aliphatic rings. The van der Waals surface area contributed by atoms with Crippen molar-refractivity contribution in [2.24, 2.45) is 0 Å². The van der Waals surface area contributed by atoms with Crippen LogP contribution in [0.5, 0.6) is 0 Å². The molecule has 0 aliphatic carbocycles. The highest BCUT2D eigenvalue weighted by Gasteiger charge is 2.16. The summed E-state index contributed by atoms with van der Waals surface area (Å²) in [5.74, 6) is -0.409. The van der Waals surface area contributed by atoms with E-state index in [0.29, 0.717) is 16.1 Å². The first-order chi connectivity index (χ1) is 13.2. The van der Waals surface area contributed by atoms with Crippen LogP contribution in [0, 0.1) is 0 Å². The molecule has 2 aromatic carbocycles. The third kappa shape index (κ3) is 5.69. The van der Waals surface area contributed by atoms with Crippen LogP contribution in [0.3, 0.4) is 0 Å². The zero-order valence-corrected chi connectivity index (χ0v) is 17.1. The zero-order valence-electron chi connectivity index (χ0n) is 15.5. The Morgan fingerprint density at radius 1 is 1.11 bits per heavy atom. The largest absolute Gasteiger partial charge is 0.339 e. The number of nitrogens with one attached hydrogen (secondary N) is 2.